The summed E-state index contributed by atoms with van der Waals surface area (Å²) in [6.07, 6.45) is -0.150. The van der Waals surface area contributed by atoms with Gasteiger partial charge < -0.3 is 21.1 Å². The summed E-state index contributed by atoms with van der Waals surface area (Å²) in [7, 11) is 1.69. The van der Waals surface area contributed by atoms with E-state index in [2.05, 4.69) is 15.3 Å². The van der Waals surface area contributed by atoms with Crippen LogP contribution in [0, 0.1) is 0 Å². The van der Waals surface area contributed by atoms with E-state index in [0.29, 0.717) is 36.7 Å². The lowest BCUT2D eigenvalue weighted by molar-refractivity contribution is -0.129. The Balaban J connectivity index is 2.25. The normalized spacial score (nSPS) is 10.3. The number of rotatable bonds is 8. The topological polar surface area (TPSA) is 121 Å². The van der Waals surface area contributed by atoms with Gasteiger partial charge in [-0.15, -0.1) is 11.8 Å². The van der Waals surface area contributed by atoms with E-state index in [1.807, 2.05) is 0 Å². The van der Waals surface area contributed by atoms with Crippen LogP contribution < -0.4 is 11.1 Å². The van der Waals surface area contributed by atoms with Crippen LogP contribution in [-0.2, 0) is 4.79 Å². The molecule has 0 aliphatic heterocycles. The van der Waals surface area contributed by atoms with Gasteiger partial charge in [0.25, 0.3) is 0 Å². The molecular formula is C12H18ClN5O3S. The lowest BCUT2D eigenvalue weighted by Gasteiger charge is -2.16. The van der Waals surface area contributed by atoms with Gasteiger partial charge in [-0.1, -0.05) is 11.6 Å². The first-order valence-corrected chi connectivity index (χ1v) is 7.88. The van der Waals surface area contributed by atoms with Gasteiger partial charge in [0.05, 0.1) is 0 Å². The quantitative estimate of drug-likeness (QED) is 0.368. The summed E-state index contributed by atoms with van der Waals surface area (Å²) < 4.78 is 0. The maximum atomic E-state index is 11.9. The van der Waals surface area contributed by atoms with Crippen molar-refractivity contribution in [2.24, 2.45) is 0 Å². The summed E-state index contributed by atoms with van der Waals surface area (Å²) in [5.74, 6) is 0.629. The van der Waals surface area contributed by atoms with Gasteiger partial charge in [0.1, 0.15) is 10.2 Å². The number of nitrogens with zero attached hydrogens (tertiary/aromatic N) is 3. The molecule has 122 valence electrons. The van der Waals surface area contributed by atoms with Crippen LogP contribution in [0.5, 0.6) is 0 Å². The van der Waals surface area contributed by atoms with Crippen LogP contribution in [0.2, 0.25) is 5.15 Å². The number of hydrogen-bond acceptors (Lipinski definition) is 6. The minimum Gasteiger partial charge on any atom is -0.465 e. The Morgan fingerprint density at radius 3 is 2.86 bits per heavy atom. The SMILES string of the molecule is CN(CCCNC(=O)O)C(=O)CCSc1cc(Cl)nc(N)n1. The Kier molecular flexibility index (Phi) is 7.75. The van der Waals surface area contributed by atoms with Crippen LogP contribution in [0.4, 0.5) is 10.7 Å². The Morgan fingerprint density at radius 1 is 1.50 bits per heavy atom. The first kappa shape index (κ1) is 18.3. The number of hydrogen-bond donors (Lipinski definition) is 3. The number of anilines is 1. The fraction of sp³-hybridized carbons (Fsp3) is 0.500. The van der Waals surface area contributed by atoms with Crippen LogP contribution in [0.1, 0.15) is 12.8 Å². The number of nitrogens with one attached hydrogen (secondary N) is 1. The van der Waals surface area contributed by atoms with Crippen molar-refractivity contribution >= 4 is 41.3 Å². The average molecular weight is 348 g/mol. The van der Waals surface area contributed by atoms with Gasteiger partial charge in [-0.05, 0) is 6.42 Å². The number of amides is 2. The molecule has 0 unspecified atom stereocenters. The van der Waals surface area contributed by atoms with Crippen molar-refractivity contribution in [3.8, 4) is 0 Å². The molecule has 0 spiro atoms. The van der Waals surface area contributed by atoms with Crippen molar-refractivity contribution in [3.63, 3.8) is 0 Å². The molecule has 1 aromatic rings. The summed E-state index contributed by atoms with van der Waals surface area (Å²) in [5.41, 5.74) is 5.49. The van der Waals surface area contributed by atoms with Crippen LogP contribution in [0.25, 0.3) is 0 Å². The highest BCUT2D eigenvalue weighted by Gasteiger charge is 2.09. The Hall–Kier alpha value is -1.74. The summed E-state index contributed by atoms with van der Waals surface area (Å²) in [6, 6.07) is 1.59. The van der Waals surface area contributed by atoms with E-state index >= 15 is 0 Å². The van der Waals surface area contributed by atoms with Crippen LogP contribution in [0.15, 0.2) is 11.1 Å². The summed E-state index contributed by atoms with van der Waals surface area (Å²) >= 11 is 7.14. The van der Waals surface area contributed by atoms with Crippen LogP contribution in [0.3, 0.4) is 0 Å². The number of aromatic nitrogens is 2. The number of carboxylic acid groups (broad SMARTS) is 1. The van der Waals surface area contributed by atoms with Gasteiger partial charge >= 0.3 is 6.09 Å². The fourth-order valence-corrected chi connectivity index (χ4v) is 2.65. The first-order chi connectivity index (χ1) is 10.4. The minimum atomic E-state index is -1.06. The van der Waals surface area contributed by atoms with Crippen LogP contribution in [-0.4, -0.2) is 57.9 Å². The first-order valence-electron chi connectivity index (χ1n) is 6.52. The number of carbonyl (C=O) groups excluding carboxylic acids is 1. The molecule has 0 aromatic carbocycles. The third-order valence-corrected chi connectivity index (χ3v) is 3.73. The van der Waals surface area contributed by atoms with E-state index in [-0.39, 0.29) is 17.0 Å². The molecule has 8 nitrogen and oxygen atoms in total. The second-order valence-corrected chi connectivity index (χ2v) is 5.89. The molecule has 2 amide bonds. The molecule has 0 bridgehead atoms. The monoisotopic (exact) mass is 347 g/mol. The van der Waals surface area contributed by atoms with E-state index in [9.17, 15) is 9.59 Å². The molecule has 4 N–H and O–H groups in total. The van der Waals surface area contributed by atoms with E-state index in [4.69, 9.17) is 22.4 Å². The molecule has 1 rings (SSSR count). The third kappa shape index (κ3) is 7.32. The molecule has 0 atom stereocenters. The van der Waals surface area contributed by atoms with Gasteiger partial charge in [0, 0.05) is 38.4 Å². The molecule has 1 aromatic heterocycles. The van der Waals surface area contributed by atoms with Crippen molar-refractivity contribution in [1.82, 2.24) is 20.2 Å². The molecule has 0 saturated carbocycles. The second kappa shape index (κ2) is 9.31. The predicted octanol–water partition coefficient (Wildman–Crippen LogP) is 1.31. The summed E-state index contributed by atoms with van der Waals surface area (Å²) in [4.78, 5) is 31.5. The zero-order chi connectivity index (χ0) is 16.5. The summed E-state index contributed by atoms with van der Waals surface area (Å²) in [5, 5.41) is 11.6. The number of halogens is 1. The van der Waals surface area contributed by atoms with Crippen molar-refractivity contribution in [1.29, 1.82) is 0 Å². The van der Waals surface area contributed by atoms with E-state index in [1.54, 1.807) is 18.0 Å². The van der Waals surface area contributed by atoms with E-state index in [0.717, 1.165) is 0 Å². The largest absolute Gasteiger partial charge is 0.465 e. The molecule has 0 radical (unpaired) electrons. The highest BCUT2D eigenvalue weighted by atomic mass is 35.5. The lowest BCUT2D eigenvalue weighted by Crippen LogP contribution is -2.31. The highest BCUT2D eigenvalue weighted by molar-refractivity contribution is 7.99. The molecule has 0 saturated heterocycles. The Labute approximate surface area is 137 Å². The predicted molar refractivity (Wildman–Crippen MR) is 85.1 cm³/mol. The molecule has 22 heavy (non-hydrogen) atoms. The minimum absolute atomic E-state index is 0.0176. The number of nitrogens with two attached hydrogens (primary N) is 1. The van der Waals surface area contributed by atoms with Crippen molar-refractivity contribution < 1.29 is 14.7 Å². The van der Waals surface area contributed by atoms with Crippen molar-refractivity contribution in [3.05, 3.63) is 11.2 Å². The van der Waals surface area contributed by atoms with Gasteiger partial charge in [0.15, 0.2) is 0 Å². The van der Waals surface area contributed by atoms with Gasteiger partial charge in [-0.2, -0.15) is 0 Å². The maximum absolute atomic E-state index is 11.9. The highest BCUT2D eigenvalue weighted by Crippen LogP contribution is 2.20. The van der Waals surface area contributed by atoms with E-state index in [1.165, 1.54) is 11.8 Å². The second-order valence-electron chi connectivity index (χ2n) is 4.39. The molecule has 0 fully saturated rings. The van der Waals surface area contributed by atoms with Gasteiger partial charge in [-0.25, -0.2) is 14.8 Å². The maximum Gasteiger partial charge on any atom is 0.404 e. The van der Waals surface area contributed by atoms with Gasteiger partial charge in [0.2, 0.25) is 11.9 Å². The zero-order valence-electron chi connectivity index (χ0n) is 12.1. The Morgan fingerprint density at radius 2 is 2.23 bits per heavy atom. The number of carbonyl (C=O) groups is 2. The standard InChI is InChI=1S/C12H18ClN5O3S/c1-18(5-2-4-15-12(20)21)10(19)3-6-22-9-7-8(13)16-11(14)17-9/h7,15H,2-6H2,1H3,(H,20,21)(H2,14,16,17). The van der Waals surface area contributed by atoms with Crippen molar-refractivity contribution in [2.45, 2.75) is 17.9 Å². The number of nitrogen functional groups attached to an aromatic ring is 1. The van der Waals surface area contributed by atoms with Crippen molar-refractivity contribution in [2.75, 3.05) is 31.6 Å². The zero-order valence-corrected chi connectivity index (χ0v) is 13.7. The number of thioether (sulfide) groups is 1. The van der Waals surface area contributed by atoms with E-state index < -0.39 is 6.09 Å². The molecule has 1 heterocycles. The average Bonchev–Trinajstić information content (AvgIpc) is 2.42. The Bertz CT molecular complexity index is 511. The molecule has 0 aliphatic rings. The van der Waals surface area contributed by atoms with Crippen LogP contribution >= 0.6 is 23.4 Å². The fourth-order valence-electron chi connectivity index (χ4n) is 1.56. The molecule has 10 heteroatoms. The summed E-state index contributed by atoms with van der Waals surface area (Å²) in [6.45, 7) is 0.816. The molecular weight excluding hydrogens is 330 g/mol. The van der Waals surface area contributed by atoms with Gasteiger partial charge in [-0.3, -0.25) is 4.79 Å². The third-order valence-electron chi connectivity index (χ3n) is 2.63. The lowest BCUT2D eigenvalue weighted by atomic mass is 10.3. The smallest absolute Gasteiger partial charge is 0.404 e. The molecule has 0 aliphatic carbocycles.